The highest BCUT2D eigenvalue weighted by atomic mass is 79.9. The first-order chi connectivity index (χ1) is 10.2. The van der Waals surface area contributed by atoms with Gasteiger partial charge in [-0.3, -0.25) is 4.98 Å². The van der Waals surface area contributed by atoms with Gasteiger partial charge < -0.3 is 9.67 Å². The number of pyridine rings is 1. The molecule has 3 rings (SSSR count). The van der Waals surface area contributed by atoms with Crippen LogP contribution in [0.5, 0.6) is 0 Å². The normalized spacial score (nSPS) is 12.3. The second kappa shape index (κ2) is 6.20. The van der Waals surface area contributed by atoms with Crippen molar-refractivity contribution in [1.82, 2.24) is 14.5 Å². The lowest BCUT2D eigenvalue weighted by Gasteiger charge is -2.14. The summed E-state index contributed by atoms with van der Waals surface area (Å²) in [5.41, 5.74) is 1.67. The molecule has 21 heavy (non-hydrogen) atoms. The topological polar surface area (TPSA) is 50.9 Å². The quantitative estimate of drug-likeness (QED) is 0.789. The zero-order valence-corrected chi connectivity index (χ0v) is 12.8. The van der Waals surface area contributed by atoms with Gasteiger partial charge in [0.15, 0.2) is 5.82 Å². The Morgan fingerprint density at radius 2 is 1.86 bits per heavy atom. The van der Waals surface area contributed by atoms with Gasteiger partial charge >= 0.3 is 0 Å². The number of halogens is 1. The maximum absolute atomic E-state index is 10.4. The second-order valence-electron chi connectivity index (χ2n) is 4.69. The number of aromatic nitrogens is 3. The van der Waals surface area contributed by atoms with Gasteiger partial charge in [0.1, 0.15) is 5.69 Å². The number of imidazole rings is 1. The molecule has 1 unspecified atom stereocenters. The van der Waals surface area contributed by atoms with Gasteiger partial charge in [0.05, 0.1) is 12.6 Å². The van der Waals surface area contributed by atoms with Gasteiger partial charge in [0, 0.05) is 23.1 Å². The summed E-state index contributed by atoms with van der Waals surface area (Å²) in [6.45, 7) is 0.438. The monoisotopic (exact) mass is 343 g/mol. The van der Waals surface area contributed by atoms with E-state index in [1.54, 1.807) is 12.4 Å². The predicted octanol–water partition coefficient (Wildman–Crippen LogP) is 3.44. The number of nitrogens with zero attached hydrogens (tertiary/aromatic N) is 3. The molecule has 106 valence electrons. The molecule has 0 saturated heterocycles. The molecule has 0 spiro atoms. The van der Waals surface area contributed by atoms with E-state index in [4.69, 9.17) is 0 Å². The Morgan fingerprint density at radius 1 is 1.05 bits per heavy atom. The van der Waals surface area contributed by atoms with Crippen molar-refractivity contribution in [3.8, 4) is 11.5 Å². The number of aliphatic hydroxyl groups is 1. The van der Waals surface area contributed by atoms with Crippen molar-refractivity contribution < 1.29 is 5.11 Å². The maximum atomic E-state index is 10.4. The summed E-state index contributed by atoms with van der Waals surface area (Å²) in [5, 5.41) is 10.4. The number of rotatable bonds is 4. The molecule has 5 heteroatoms. The molecule has 0 aliphatic heterocycles. The van der Waals surface area contributed by atoms with E-state index < -0.39 is 6.10 Å². The molecule has 1 atom stereocenters. The van der Waals surface area contributed by atoms with Crippen LogP contribution in [0.25, 0.3) is 11.5 Å². The van der Waals surface area contributed by atoms with Crippen molar-refractivity contribution in [2.45, 2.75) is 12.6 Å². The van der Waals surface area contributed by atoms with Crippen LogP contribution in [0.2, 0.25) is 0 Å². The Labute approximate surface area is 131 Å². The molecular formula is C16H14BrN3O. The van der Waals surface area contributed by atoms with E-state index in [1.165, 1.54) is 0 Å². The lowest BCUT2D eigenvalue weighted by atomic mass is 10.1. The smallest absolute Gasteiger partial charge is 0.158 e. The van der Waals surface area contributed by atoms with Crippen LogP contribution in [0.15, 0.2) is 65.5 Å². The fourth-order valence-electron chi connectivity index (χ4n) is 2.16. The molecule has 2 heterocycles. The molecular weight excluding hydrogens is 330 g/mol. The number of hydrogen-bond acceptors (Lipinski definition) is 3. The highest BCUT2D eigenvalue weighted by Gasteiger charge is 2.12. The average molecular weight is 344 g/mol. The molecule has 1 aromatic carbocycles. The van der Waals surface area contributed by atoms with Crippen LogP contribution in [0.4, 0.5) is 0 Å². The molecule has 4 nitrogen and oxygen atoms in total. The molecule has 0 amide bonds. The Bertz CT molecular complexity index is 710. The molecule has 1 N–H and O–H groups in total. The van der Waals surface area contributed by atoms with Crippen LogP contribution in [0, 0.1) is 0 Å². The van der Waals surface area contributed by atoms with Crippen molar-refractivity contribution in [1.29, 1.82) is 0 Å². The van der Waals surface area contributed by atoms with E-state index >= 15 is 0 Å². The van der Waals surface area contributed by atoms with Crippen molar-refractivity contribution >= 4 is 15.9 Å². The molecule has 0 fully saturated rings. The highest BCUT2D eigenvalue weighted by Crippen LogP contribution is 2.21. The lowest BCUT2D eigenvalue weighted by molar-refractivity contribution is 0.157. The molecule has 0 aliphatic carbocycles. The van der Waals surface area contributed by atoms with E-state index in [1.807, 2.05) is 53.2 Å². The summed E-state index contributed by atoms with van der Waals surface area (Å²) in [7, 11) is 0. The van der Waals surface area contributed by atoms with Crippen LogP contribution < -0.4 is 0 Å². The Morgan fingerprint density at radius 3 is 2.57 bits per heavy atom. The zero-order chi connectivity index (χ0) is 14.7. The maximum Gasteiger partial charge on any atom is 0.158 e. The number of aliphatic hydroxyl groups excluding tert-OH is 1. The predicted molar refractivity (Wildman–Crippen MR) is 84.6 cm³/mol. The van der Waals surface area contributed by atoms with Crippen molar-refractivity contribution in [3.05, 3.63) is 71.1 Å². The third kappa shape index (κ3) is 3.20. The SMILES string of the molecule is OC(Cn1ccnc1-c1ccccn1)c1ccc(Br)cc1. The number of benzene rings is 1. The minimum Gasteiger partial charge on any atom is -0.387 e. The van der Waals surface area contributed by atoms with Gasteiger partial charge in [0.25, 0.3) is 0 Å². The summed E-state index contributed by atoms with van der Waals surface area (Å²) >= 11 is 3.39. The molecule has 0 aliphatic rings. The molecule has 3 aromatic rings. The lowest BCUT2D eigenvalue weighted by Crippen LogP contribution is -2.09. The first-order valence-electron chi connectivity index (χ1n) is 6.60. The zero-order valence-electron chi connectivity index (χ0n) is 11.2. The van der Waals surface area contributed by atoms with E-state index in [-0.39, 0.29) is 0 Å². The second-order valence-corrected chi connectivity index (χ2v) is 5.60. The molecule has 2 aromatic heterocycles. The van der Waals surface area contributed by atoms with Gasteiger partial charge in [-0.15, -0.1) is 0 Å². The fraction of sp³-hybridized carbons (Fsp3) is 0.125. The summed E-state index contributed by atoms with van der Waals surface area (Å²) in [6, 6.07) is 13.4. The minimum absolute atomic E-state index is 0.438. The van der Waals surface area contributed by atoms with Crippen LogP contribution in [-0.4, -0.2) is 19.6 Å². The van der Waals surface area contributed by atoms with Gasteiger partial charge in [-0.05, 0) is 29.8 Å². The number of hydrogen-bond donors (Lipinski definition) is 1. The third-order valence-corrected chi connectivity index (χ3v) is 3.76. The first-order valence-corrected chi connectivity index (χ1v) is 7.39. The van der Waals surface area contributed by atoms with Crippen LogP contribution in [-0.2, 0) is 6.54 Å². The molecule has 0 saturated carbocycles. The van der Waals surface area contributed by atoms with Crippen molar-refractivity contribution in [3.63, 3.8) is 0 Å². The van der Waals surface area contributed by atoms with Crippen LogP contribution in [0.3, 0.4) is 0 Å². The van der Waals surface area contributed by atoms with Crippen LogP contribution in [0.1, 0.15) is 11.7 Å². The van der Waals surface area contributed by atoms with E-state index in [9.17, 15) is 5.11 Å². The minimum atomic E-state index is -0.588. The largest absolute Gasteiger partial charge is 0.387 e. The van der Waals surface area contributed by atoms with Gasteiger partial charge in [-0.25, -0.2) is 4.98 Å². The van der Waals surface area contributed by atoms with E-state index in [0.717, 1.165) is 21.6 Å². The van der Waals surface area contributed by atoms with Crippen molar-refractivity contribution in [2.75, 3.05) is 0 Å². The van der Waals surface area contributed by atoms with Gasteiger partial charge in [-0.2, -0.15) is 0 Å². The fourth-order valence-corrected chi connectivity index (χ4v) is 2.43. The summed E-state index contributed by atoms with van der Waals surface area (Å²) in [4.78, 5) is 8.63. The first kappa shape index (κ1) is 14.0. The van der Waals surface area contributed by atoms with Crippen molar-refractivity contribution in [2.24, 2.45) is 0 Å². The van der Waals surface area contributed by atoms with Gasteiger partial charge in [-0.1, -0.05) is 34.1 Å². The Balaban J connectivity index is 1.83. The van der Waals surface area contributed by atoms with E-state index in [0.29, 0.717) is 6.54 Å². The molecule has 0 bridgehead atoms. The standard InChI is InChI=1S/C16H14BrN3O/c17-13-6-4-12(5-7-13)15(21)11-20-10-9-19-16(20)14-3-1-2-8-18-14/h1-10,15,21H,11H2. The summed E-state index contributed by atoms with van der Waals surface area (Å²) < 4.78 is 2.91. The Hall–Kier alpha value is -1.98. The average Bonchev–Trinajstić information content (AvgIpc) is 2.97. The summed E-state index contributed by atoms with van der Waals surface area (Å²) in [5.74, 6) is 0.756. The highest BCUT2D eigenvalue weighted by molar-refractivity contribution is 9.10. The van der Waals surface area contributed by atoms with Crippen LogP contribution >= 0.6 is 15.9 Å². The Kier molecular flexibility index (Phi) is 4.13. The summed E-state index contributed by atoms with van der Waals surface area (Å²) in [6.07, 6.45) is 4.72. The van der Waals surface area contributed by atoms with Gasteiger partial charge in [0.2, 0.25) is 0 Å². The molecule has 0 radical (unpaired) electrons. The third-order valence-electron chi connectivity index (χ3n) is 3.23. The van der Waals surface area contributed by atoms with E-state index in [2.05, 4.69) is 25.9 Å².